The maximum absolute atomic E-state index is 13.3. The lowest BCUT2D eigenvalue weighted by molar-refractivity contribution is -0.140. The molecule has 7 nitrogen and oxygen atoms in total. The maximum atomic E-state index is 13.3. The Morgan fingerprint density at radius 1 is 0.909 bits per heavy atom. The number of ketones is 1. The second-order valence-electron chi connectivity index (χ2n) is 8.04. The molecule has 3 N–H and O–H groups in total. The van der Waals surface area contributed by atoms with Crippen molar-refractivity contribution in [3.8, 4) is 0 Å². The second kappa shape index (κ2) is 7.27. The van der Waals surface area contributed by atoms with Gasteiger partial charge in [0.05, 0.1) is 24.4 Å². The molecule has 0 saturated carbocycles. The lowest BCUT2D eigenvalue weighted by atomic mass is 9.94. The van der Waals surface area contributed by atoms with Crippen molar-refractivity contribution >= 4 is 39.3 Å². The van der Waals surface area contributed by atoms with Crippen molar-refractivity contribution in [1.29, 1.82) is 0 Å². The number of aromatic amines is 2. The summed E-state index contributed by atoms with van der Waals surface area (Å²) in [5, 5.41) is 13.0. The van der Waals surface area contributed by atoms with Gasteiger partial charge in [-0.3, -0.25) is 9.59 Å². The van der Waals surface area contributed by atoms with Crippen LogP contribution in [0, 0.1) is 0 Å². The summed E-state index contributed by atoms with van der Waals surface area (Å²) in [6.45, 7) is 0.104. The Labute approximate surface area is 187 Å². The minimum absolute atomic E-state index is 0.0565. The number of benzene rings is 2. The Hall–Kier alpha value is -4.52. The van der Waals surface area contributed by atoms with Crippen LogP contribution in [-0.4, -0.2) is 31.7 Å². The third kappa shape index (κ3) is 2.90. The number of fused-ring (bicyclic) bond motifs is 2. The quantitative estimate of drug-likeness (QED) is 0.212. The Balaban J connectivity index is 1.59. The number of carbonyl (C=O) groups is 2. The normalized spacial score (nSPS) is 18.1. The van der Waals surface area contributed by atoms with Gasteiger partial charge in [-0.15, -0.1) is 0 Å². The lowest BCUT2D eigenvalue weighted by Gasteiger charge is -2.24. The number of nitrogens with one attached hydrogen (secondary N) is 2. The Bertz CT molecular complexity index is 1550. The van der Waals surface area contributed by atoms with Crippen LogP contribution in [0.3, 0.4) is 0 Å². The first-order chi connectivity index (χ1) is 16.1. The summed E-state index contributed by atoms with van der Waals surface area (Å²) < 4.78 is 5.46. The number of hydrogen-bond donors (Lipinski definition) is 3. The van der Waals surface area contributed by atoms with Crippen LogP contribution in [0.5, 0.6) is 0 Å². The highest BCUT2D eigenvalue weighted by molar-refractivity contribution is 6.46. The molecule has 7 heteroatoms. The zero-order valence-corrected chi connectivity index (χ0v) is 17.4. The van der Waals surface area contributed by atoms with E-state index in [1.54, 1.807) is 24.5 Å². The highest BCUT2D eigenvalue weighted by Crippen LogP contribution is 2.43. The second-order valence-corrected chi connectivity index (χ2v) is 8.04. The monoisotopic (exact) mass is 437 g/mol. The van der Waals surface area contributed by atoms with Gasteiger partial charge in [0.15, 0.2) is 0 Å². The Kier molecular flexibility index (Phi) is 4.23. The fourth-order valence-corrected chi connectivity index (χ4v) is 4.67. The molecule has 1 aliphatic heterocycles. The van der Waals surface area contributed by atoms with Gasteiger partial charge in [0.25, 0.3) is 11.7 Å². The SMILES string of the molecule is O=C1C(=O)N(Cc2ccco2)C(c2c[nH]c3ccccc23)/C1=C(\O)c1c[nH]c2ccccc12. The number of aliphatic hydroxyl groups is 1. The molecule has 1 unspecified atom stereocenters. The number of H-pyrrole nitrogens is 2. The number of amides is 1. The molecule has 2 aromatic carbocycles. The molecule has 1 saturated heterocycles. The zero-order valence-electron chi connectivity index (χ0n) is 17.4. The van der Waals surface area contributed by atoms with Crippen LogP contribution >= 0.6 is 0 Å². The molecular weight excluding hydrogens is 418 g/mol. The van der Waals surface area contributed by atoms with Crippen LogP contribution in [0.1, 0.15) is 22.9 Å². The van der Waals surface area contributed by atoms with E-state index in [9.17, 15) is 14.7 Å². The van der Waals surface area contributed by atoms with Crippen molar-refractivity contribution in [2.75, 3.05) is 0 Å². The Morgan fingerprint density at radius 2 is 1.61 bits per heavy atom. The van der Waals surface area contributed by atoms with Crippen molar-refractivity contribution in [3.63, 3.8) is 0 Å². The van der Waals surface area contributed by atoms with E-state index in [-0.39, 0.29) is 17.9 Å². The molecule has 1 aliphatic rings. The van der Waals surface area contributed by atoms with E-state index >= 15 is 0 Å². The average Bonchev–Trinajstić information content (AvgIpc) is 3.62. The first-order valence-electron chi connectivity index (χ1n) is 10.6. The highest BCUT2D eigenvalue weighted by Gasteiger charge is 2.47. The van der Waals surface area contributed by atoms with Crippen molar-refractivity contribution in [2.45, 2.75) is 12.6 Å². The van der Waals surface area contributed by atoms with E-state index in [4.69, 9.17) is 4.42 Å². The van der Waals surface area contributed by atoms with Crippen LogP contribution in [0.2, 0.25) is 0 Å². The van der Waals surface area contributed by atoms with Gasteiger partial charge in [0, 0.05) is 45.3 Å². The van der Waals surface area contributed by atoms with Crippen LogP contribution < -0.4 is 0 Å². The largest absolute Gasteiger partial charge is 0.507 e. The van der Waals surface area contributed by atoms with Gasteiger partial charge >= 0.3 is 0 Å². The number of carbonyl (C=O) groups excluding carboxylic acids is 2. The molecule has 0 spiro atoms. The molecule has 33 heavy (non-hydrogen) atoms. The average molecular weight is 437 g/mol. The summed E-state index contributed by atoms with van der Waals surface area (Å²) in [5.41, 5.74) is 2.97. The van der Waals surface area contributed by atoms with Crippen LogP contribution in [0.4, 0.5) is 0 Å². The molecule has 3 aromatic heterocycles. The summed E-state index contributed by atoms with van der Waals surface area (Å²) in [4.78, 5) is 34.3. The highest BCUT2D eigenvalue weighted by atomic mass is 16.3. The van der Waals surface area contributed by atoms with E-state index in [0.29, 0.717) is 11.3 Å². The van der Waals surface area contributed by atoms with Gasteiger partial charge in [-0.25, -0.2) is 0 Å². The molecule has 5 aromatic rings. The minimum atomic E-state index is -0.778. The van der Waals surface area contributed by atoms with Crippen LogP contribution in [0.25, 0.3) is 27.6 Å². The van der Waals surface area contributed by atoms with Gasteiger partial charge in [-0.05, 0) is 24.3 Å². The van der Waals surface area contributed by atoms with Crippen molar-refractivity contribution in [2.24, 2.45) is 0 Å². The summed E-state index contributed by atoms with van der Waals surface area (Å²) in [5.74, 6) is -1.06. The summed E-state index contributed by atoms with van der Waals surface area (Å²) in [7, 11) is 0. The van der Waals surface area contributed by atoms with Crippen molar-refractivity contribution in [3.05, 3.63) is 102 Å². The third-order valence-electron chi connectivity index (χ3n) is 6.21. The number of nitrogens with zero attached hydrogens (tertiary/aromatic N) is 1. The summed E-state index contributed by atoms with van der Waals surface area (Å²) in [6.07, 6.45) is 4.98. The van der Waals surface area contributed by atoms with Crippen LogP contribution in [0.15, 0.2) is 89.3 Å². The number of likely N-dealkylation sites (tertiary alicyclic amines) is 1. The lowest BCUT2D eigenvalue weighted by Crippen LogP contribution is -2.29. The predicted octanol–water partition coefficient (Wildman–Crippen LogP) is 4.86. The molecule has 1 amide bonds. The molecular formula is C26H19N3O4. The molecule has 6 rings (SSSR count). The number of para-hydroxylation sites is 2. The van der Waals surface area contributed by atoms with Crippen molar-refractivity contribution < 1.29 is 19.1 Å². The number of Topliss-reactive ketones (excluding diaryl/α,β-unsaturated/α-hetero) is 1. The van der Waals surface area contributed by atoms with E-state index in [2.05, 4.69) is 9.97 Å². The summed E-state index contributed by atoms with van der Waals surface area (Å²) >= 11 is 0. The zero-order chi connectivity index (χ0) is 22.5. The fourth-order valence-electron chi connectivity index (χ4n) is 4.67. The minimum Gasteiger partial charge on any atom is -0.507 e. The molecule has 4 heterocycles. The standard InChI is InChI=1S/C26H19N3O4/c30-24(19-13-28-21-10-4-2-8-17(19)21)22-23(18-12-27-20-9-3-1-7-16(18)20)29(26(32)25(22)31)14-15-6-5-11-33-15/h1-13,23,27-28,30H,14H2/b24-22+. The summed E-state index contributed by atoms with van der Waals surface area (Å²) in [6, 6.07) is 17.9. The number of aromatic nitrogens is 2. The third-order valence-corrected chi connectivity index (χ3v) is 6.21. The van der Waals surface area contributed by atoms with E-state index in [0.717, 1.165) is 27.4 Å². The van der Waals surface area contributed by atoms with E-state index < -0.39 is 17.7 Å². The molecule has 0 aliphatic carbocycles. The van der Waals surface area contributed by atoms with Gasteiger partial charge in [0.2, 0.25) is 0 Å². The number of aliphatic hydroxyl groups excluding tert-OH is 1. The topological polar surface area (TPSA) is 102 Å². The molecule has 1 fully saturated rings. The smallest absolute Gasteiger partial charge is 0.296 e. The first-order valence-corrected chi connectivity index (χ1v) is 10.6. The van der Waals surface area contributed by atoms with E-state index in [1.165, 1.54) is 11.2 Å². The molecule has 1 atom stereocenters. The van der Waals surface area contributed by atoms with Gasteiger partial charge in [-0.1, -0.05) is 36.4 Å². The maximum Gasteiger partial charge on any atom is 0.296 e. The van der Waals surface area contributed by atoms with Gasteiger partial charge in [0.1, 0.15) is 11.5 Å². The predicted molar refractivity (Wildman–Crippen MR) is 123 cm³/mol. The molecule has 162 valence electrons. The van der Waals surface area contributed by atoms with Crippen LogP contribution in [-0.2, 0) is 16.1 Å². The van der Waals surface area contributed by atoms with Crippen molar-refractivity contribution in [1.82, 2.24) is 14.9 Å². The van der Waals surface area contributed by atoms with Gasteiger partial charge < -0.3 is 24.4 Å². The Morgan fingerprint density at radius 3 is 2.36 bits per heavy atom. The molecule has 0 bridgehead atoms. The molecule has 0 radical (unpaired) electrons. The van der Waals surface area contributed by atoms with Gasteiger partial charge in [-0.2, -0.15) is 0 Å². The number of furan rings is 1. The van der Waals surface area contributed by atoms with E-state index in [1.807, 2.05) is 48.5 Å². The number of rotatable bonds is 4. The number of hydrogen-bond acceptors (Lipinski definition) is 4. The fraction of sp³-hybridized carbons (Fsp3) is 0.0769. The first kappa shape index (κ1) is 19.2.